The van der Waals surface area contributed by atoms with Gasteiger partial charge in [-0.3, -0.25) is 9.80 Å². The molecule has 2 aliphatic heterocycles. The maximum Gasteiger partial charge on any atom is 0.0911 e. The summed E-state index contributed by atoms with van der Waals surface area (Å²) in [6.45, 7) is 13.1. The van der Waals surface area contributed by atoms with E-state index >= 15 is 0 Å². The normalized spacial score (nSPS) is 27.9. The van der Waals surface area contributed by atoms with Crippen LogP contribution >= 0.6 is 0 Å². The first kappa shape index (κ1) is 15.9. The Morgan fingerprint density at radius 2 is 1.68 bits per heavy atom. The van der Waals surface area contributed by atoms with Crippen molar-refractivity contribution in [3.63, 3.8) is 0 Å². The average molecular weight is 304 g/mol. The van der Waals surface area contributed by atoms with Crippen molar-refractivity contribution < 1.29 is 10.1 Å². The Balaban J connectivity index is 1.62. The van der Waals surface area contributed by atoms with Crippen LogP contribution in [0.5, 0.6) is 0 Å². The van der Waals surface area contributed by atoms with Gasteiger partial charge in [-0.1, -0.05) is 24.3 Å². The lowest BCUT2D eigenvalue weighted by Crippen LogP contribution is -2.92. The Kier molecular flexibility index (Phi) is 5.47. The fourth-order valence-electron chi connectivity index (χ4n) is 3.65. The van der Waals surface area contributed by atoms with Gasteiger partial charge in [0.1, 0.15) is 0 Å². The molecule has 2 fully saturated rings. The highest BCUT2D eigenvalue weighted by Gasteiger charge is 2.27. The summed E-state index contributed by atoms with van der Waals surface area (Å²) in [5.74, 6) is 0. The summed E-state index contributed by atoms with van der Waals surface area (Å²) in [5, 5.41) is 2.45. The first-order valence-corrected chi connectivity index (χ1v) is 8.67. The zero-order valence-electron chi connectivity index (χ0n) is 14.0. The predicted octanol–water partition coefficient (Wildman–Crippen LogP) is 0.675. The van der Waals surface area contributed by atoms with Crippen molar-refractivity contribution in [2.24, 2.45) is 0 Å². The standard InChI is InChI=1S/C18H29N3O/c1-15-11-19-12-16(2)21(15)14-18-5-3-4-17(10-18)13-20-6-8-22-9-7-20/h3-5,10,15-16,19H,6-9,11-14H2,1-2H3/p+1/t15-,16?/m0/s1. The van der Waals surface area contributed by atoms with Gasteiger partial charge in [-0.25, -0.2) is 0 Å². The molecule has 122 valence electrons. The second kappa shape index (κ2) is 7.55. The largest absolute Gasteiger partial charge is 0.379 e. The minimum absolute atomic E-state index is 0.659. The van der Waals surface area contributed by atoms with Crippen LogP contribution < -0.4 is 5.32 Å². The van der Waals surface area contributed by atoms with E-state index in [2.05, 4.69) is 53.2 Å². The van der Waals surface area contributed by atoms with E-state index in [0.29, 0.717) is 12.1 Å². The number of nitrogens with two attached hydrogens (primary N) is 1. The lowest BCUT2D eigenvalue weighted by molar-refractivity contribution is -0.674. The molecule has 2 aliphatic rings. The van der Waals surface area contributed by atoms with Gasteiger partial charge in [-0.15, -0.1) is 0 Å². The van der Waals surface area contributed by atoms with Gasteiger partial charge in [0.2, 0.25) is 0 Å². The minimum atomic E-state index is 0.659. The SMILES string of the molecule is CC1C[NH2+]C[C@H](C)N1Cc1cccc(CN2CCOCC2)c1. The van der Waals surface area contributed by atoms with E-state index in [-0.39, 0.29) is 0 Å². The van der Waals surface area contributed by atoms with Crippen LogP contribution in [0.15, 0.2) is 24.3 Å². The molecule has 0 aliphatic carbocycles. The highest BCUT2D eigenvalue weighted by molar-refractivity contribution is 5.23. The third kappa shape index (κ3) is 4.07. The van der Waals surface area contributed by atoms with E-state index in [0.717, 1.165) is 39.4 Å². The molecular formula is C18H30N3O+. The average Bonchev–Trinajstić information content (AvgIpc) is 2.53. The molecule has 0 bridgehead atoms. The molecule has 4 nitrogen and oxygen atoms in total. The third-order valence-corrected chi connectivity index (χ3v) is 5.01. The van der Waals surface area contributed by atoms with Gasteiger partial charge >= 0.3 is 0 Å². The number of morpholine rings is 1. The molecular weight excluding hydrogens is 274 g/mol. The summed E-state index contributed by atoms with van der Waals surface area (Å²) in [6.07, 6.45) is 0. The van der Waals surface area contributed by atoms with Crippen molar-refractivity contribution in [1.82, 2.24) is 9.80 Å². The fraction of sp³-hybridized carbons (Fsp3) is 0.667. The van der Waals surface area contributed by atoms with Crippen LogP contribution in [0.4, 0.5) is 0 Å². The van der Waals surface area contributed by atoms with Gasteiger partial charge in [0, 0.05) is 26.2 Å². The number of quaternary nitrogens is 1. The number of rotatable bonds is 4. The van der Waals surface area contributed by atoms with Crippen LogP contribution in [0, 0.1) is 0 Å². The number of piperazine rings is 1. The molecule has 0 spiro atoms. The van der Waals surface area contributed by atoms with E-state index in [1.807, 2.05) is 0 Å². The molecule has 2 N–H and O–H groups in total. The first-order valence-electron chi connectivity index (χ1n) is 8.67. The number of ether oxygens (including phenoxy) is 1. The van der Waals surface area contributed by atoms with Crippen molar-refractivity contribution in [3.05, 3.63) is 35.4 Å². The van der Waals surface area contributed by atoms with Crippen molar-refractivity contribution in [2.75, 3.05) is 39.4 Å². The quantitative estimate of drug-likeness (QED) is 0.888. The van der Waals surface area contributed by atoms with Crippen LogP contribution in [-0.4, -0.2) is 61.3 Å². The molecule has 0 aromatic heterocycles. The molecule has 2 saturated heterocycles. The number of nitrogens with zero attached hydrogens (tertiary/aromatic N) is 2. The molecule has 4 heteroatoms. The molecule has 1 aromatic rings. The second-order valence-corrected chi connectivity index (χ2v) is 6.84. The van der Waals surface area contributed by atoms with Crippen molar-refractivity contribution >= 4 is 0 Å². The molecule has 22 heavy (non-hydrogen) atoms. The second-order valence-electron chi connectivity index (χ2n) is 6.84. The highest BCUT2D eigenvalue weighted by Crippen LogP contribution is 2.15. The molecule has 1 aromatic carbocycles. The van der Waals surface area contributed by atoms with Crippen LogP contribution in [0.1, 0.15) is 25.0 Å². The predicted molar refractivity (Wildman–Crippen MR) is 88.7 cm³/mol. The zero-order valence-corrected chi connectivity index (χ0v) is 14.0. The van der Waals surface area contributed by atoms with Crippen LogP contribution in [0.25, 0.3) is 0 Å². The van der Waals surface area contributed by atoms with E-state index < -0.39 is 0 Å². The van der Waals surface area contributed by atoms with E-state index in [1.54, 1.807) is 0 Å². The molecule has 0 radical (unpaired) electrons. The molecule has 0 amide bonds. The Bertz CT molecular complexity index is 463. The molecule has 0 saturated carbocycles. The summed E-state index contributed by atoms with van der Waals surface area (Å²) in [5.41, 5.74) is 2.88. The van der Waals surface area contributed by atoms with E-state index in [9.17, 15) is 0 Å². The molecule has 2 atom stereocenters. The molecule has 3 rings (SSSR count). The zero-order chi connectivity index (χ0) is 15.4. The van der Waals surface area contributed by atoms with Crippen molar-refractivity contribution in [2.45, 2.75) is 39.0 Å². The van der Waals surface area contributed by atoms with Crippen molar-refractivity contribution in [3.8, 4) is 0 Å². The van der Waals surface area contributed by atoms with Crippen LogP contribution in [-0.2, 0) is 17.8 Å². The van der Waals surface area contributed by atoms with Gasteiger partial charge in [0.25, 0.3) is 0 Å². The van der Waals surface area contributed by atoms with Crippen LogP contribution in [0.3, 0.4) is 0 Å². The topological polar surface area (TPSA) is 32.3 Å². The fourth-order valence-corrected chi connectivity index (χ4v) is 3.65. The third-order valence-electron chi connectivity index (χ3n) is 5.01. The Hall–Kier alpha value is -0.940. The first-order chi connectivity index (χ1) is 10.7. The maximum atomic E-state index is 5.43. The van der Waals surface area contributed by atoms with Gasteiger partial charge in [0.15, 0.2) is 0 Å². The number of hydrogen-bond donors (Lipinski definition) is 1. The van der Waals surface area contributed by atoms with E-state index in [4.69, 9.17) is 4.74 Å². The van der Waals surface area contributed by atoms with E-state index in [1.165, 1.54) is 24.2 Å². The summed E-state index contributed by atoms with van der Waals surface area (Å²) < 4.78 is 5.43. The summed E-state index contributed by atoms with van der Waals surface area (Å²) in [6, 6.07) is 10.5. The Labute approximate surface area is 134 Å². The molecule has 2 heterocycles. The highest BCUT2D eigenvalue weighted by atomic mass is 16.5. The summed E-state index contributed by atoms with van der Waals surface area (Å²) >= 11 is 0. The Morgan fingerprint density at radius 3 is 2.36 bits per heavy atom. The van der Waals surface area contributed by atoms with Gasteiger partial charge in [-0.2, -0.15) is 0 Å². The van der Waals surface area contributed by atoms with Gasteiger partial charge < -0.3 is 10.1 Å². The number of benzene rings is 1. The Morgan fingerprint density at radius 1 is 1.05 bits per heavy atom. The summed E-state index contributed by atoms with van der Waals surface area (Å²) in [7, 11) is 0. The lowest BCUT2D eigenvalue weighted by Gasteiger charge is -2.37. The summed E-state index contributed by atoms with van der Waals surface area (Å²) in [4.78, 5) is 5.14. The lowest BCUT2D eigenvalue weighted by atomic mass is 10.1. The van der Waals surface area contributed by atoms with Gasteiger partial charge in [0.05, 0.1) is 38.4 Å². The molecule has 1 unspecified atom stereocenters. The monoisotopic (exact) mass is 304 g/mol. The van der Waals surface area contributed by atoms with Crippen molar-refractivity contribution in [1.29, 1.82) is 0 Å². The van der Waals surface area contributed by atoms with Crippen LogP contribution in [0.2, 0.25) is 0 Å². The number of hydrogen-bond acceptors (Lipinski definition) is 3. The smallest absolute Gasteiger partial charge is 0.0911 e. The minimum Gasteiger partial charge on any atom is -0.379 e. The van der Waals surface area contributed by atoms with Gasteiger partial charge in [-0.05, 0) is 25.0 Å². The maximum absolute atomic E-state index is 5.43.